The van der Waals surface area contributed by atoms with Crippen molar-refractivity contribution in [2.45, 2.75) is 45.6 Å². The fraction of sp³-hybridized carbons (Fsp3) is 0.600. The predicted octanol–water partition coefficient (Wildman–Crippen LogP) is 3.94. The van der Waals surface area contributed by atoms with Crippen molar-refractivity contribution >= 4 is 41.1 Å². The molecule has 1 unspecified atom stereocenters. The van der Waals surface area contributed by atoms with Gasteiger partial charge in [-0.25, -0.2) is 0 Å². The normalized spacial score (nSPS) is 22.1. The van der Waals surface area contributed by atoms with E-state index in [2.05, 4.69) is 18.7 Å². The summed E-state index contributed by atoms with van der Waals surface area (Å²) in [6.07, 6.45) is 6.15. The fourth-order valence-electron chi connectivity index (χ4n) is 4.50. The van der Waals surface area contributed by atoms with Crippen LogP contribution in [0.3, 0.4) is 0 Å². The van der Waals surface area contributed by atoms with Crippen molar-refractivity contribution in [2.75, 3.05) is 45.8 Å². The van der Waals surface area contributed by atoms with E-state index in [4.69, 9.17) is 23.2 Å². The molecule has 0 radical (unpaired) electrons. The van der Waals surface area contributed by atoms with Crippen molar-refractivity contribution in [1.82, 2.24) is 14.7 Å². The van der Waals surface area contributed by atoms with Crippen LogP contribution in [0.2, 0.25) is 10.0 Å². The number of rotatable bonds is 7. The monoisotopic (exact) mass is 495 g/mol. The van der Waals surface area contributed by atoms with E-state index >= 15 is 0 Å². The number of aliphatic hydroxyl groups is 1. The first-order valence-corrected chi connectivity index (χ1v) is 12.5. The van der Waals surface area contributed by atoms with Gasteiger partial charge in [0.25, 0.3) is 0 Å². The lowest BCUT2D eigenvalue weighted by Crippen LogP contribution is -2.48. The molecule has 0 aromatic heterocycles. The standard InChI is InChI=1S/C25H35Cl2N3O3/c1-25(2)18-28(13-9-22(25)31)11-3-4-12-29-15-16-30(14-10-24(29)33)23(32)8-6-19-5-7-20(26)21(27)17-19/h5-8,17,22,31H,3-4,9-16,18H2,1-2H3/b8-6+. The molecule has 1 N–H and O–H groups in total. The highest BCUT2D eigenvalue weighted by atomic mass is 35.5. The van der Waals surface area contributed by atoms with E-state index in [1.54, 1.807) is 29.2 Å². The molecule has 2 aliphatic heterocycles. The molecule has 2 saturated heterocycles. The first kappa shape index (κ1) is 26.0. The van der Waals surface area contributed by atoms with Gasteiger partial charge in [-0.2, -0.15) is 0 Å². The largest absolute Gasteiger partial charge is 0.392 e. The molecule has 0 saturated carbocycles. The molecular weight excluding hydrogens is 461 g/mol. The number of carbonyl (C=O) groups excluding carboxylic acids is 2. The van der Waals surface area contributed by atoms with Crippen molar-refractivity contribution in [3.63, 3.8) is 0 Å². The Morgan fingerprint density at radius 1 is 1.12 bits per heavy atom. The Labute approximate surface area is 207 Å². The number of hydrogen-bond donors (Lipinski definition) is 1. The molecule has 0 bridgehead atoms. The van der Waals surface area contributed by atoms with E-state index in [9.17, 15) is 14.7 Å². The van der Waals surface area contributed by atoms with Gasteiger partial charge in [0.05, 0.1) is 16.1 Å². The average Bonchev–Trinajstić information content (AvgIpc) is 2.95. The quantitative estimate of drug-likeness (QED) is 0.459. The SMILES string of the molecule is CC1(C)CN(CCCCN2CCN(C(=O)/C=C/c3ccc(Cl)c(Cl)c3)CCC2=O)CCC1O. The second kappa shape index (κ2) is 11.7. The summed E-state index contributed by atoms with van der Waals surface area (Å²) in [5.74, 6) is 0.00612. The summed E-state index contributed by atoms with van der Waals surface area (Å²) in [5, 5.41) is 11.0. The lowest BCUT2D eigenvalue weighted by Gasteiger charge is -2.41. The fourth-order valence-corrected chi connectivity index (χ4v) is 4.80. The molecule has 2 aliphatic rings. The van der Waals surface area contributed by atoms with Gasteiger partial charge in [0.2, 0.25) is 11.8 Å². The van der Waals surface area contributed by atoms with Crippen LogP contribution < -0.4 is 0 Å². The van der Waals surface area contributed by atoms with Gasteiger partial charge >= 0.3 is 0 Å². The molecule has 182 valence electrons. The number of nitrogens with zero attached hydrogens (tertiary/aromatic N) is 3. The molecule has 1 aromatic carbocycles. The number of benzene rings is 1. The van der Waals surface area contributed by atoms with Crippen molar-refractivity contribution in [1.29, 1.82) is 0 Å². The Bertz CT molecular complexity index is 874. The average molecular weight is 496 g/mol. The topological polar surface area (TPSA) is 64.1 Å². The molecule has 2 fully saturated rings. The van der Waals surface area contributed by atoms with Gasteiger partial charge in [0.1, 0.15) is 0 Å². The van der Waals surface area contributed by atoms with Crippen molar-refractivity contribution in [2.24, 2.45) is 5.41 Å². The summed E-state index contributed by atoms with van der Waals surface area (Å²) in [6, 6.07) is 5.22. The number of carbonyl (C=O) groups is 2. The van der Waals surface area contributed by atoms with E-state index in [0.717, 1.165) is 51.0 Å². The highest BCUT2D eigenvalue weighted by Crippen LogP contribution is 2.29. The number of halogens is 2. The third-order valence-corrected chi connectivity index (χ3v) is 7.41. The Hall–Kier alpha value is -1.60. The molecular formula is C25H35Cl2N3O3. The van der Waals surface area contributed by atoms with Crippen molar-refractivity contribution in [3.05, 3.63) is 39.9 Å². The van der Waals surface area contributed by atoms with Crippen LogP contribution in [0.15, 0.2) is 24.3 Å². The second-order valence-electron chi connectivity index (χ2n) is 9.74. The minimum Gasteiger partial charge on any atom is -0.392 e. The highest BCUT2D eigenvalue weighted by molar-refractivity contribution is 6.42. The minimum atomic E-state index is -0.229. The lowest BCUT2D eigenvalue weighted by atomic mass is 9.81. The maximum atomic E-state index is 12.6. The van der Waals surface area contributed by atoms with E-state index in [1.165, 1.54) is 6.08 Å². The summed E-state index contributed by atoms with van der Waals surface area (Å²) in [7, 11) is 0. The minimum absolute atomic E-state index is 0.0662. The van der Waals surface area contributed by atoms with Gasteiger partial charge in [0.15, 0.2) is 0 Å². The Morgan fingerprint density at radius 3 is 2.61 bits per heavy atom. The van der Waals surface area contributed by atoms with Gasteiger partial charge in [-0.15, -0.1) is 0 Å². The van der Waals surface area contributed by atoms with Gasteiger partial charge in [-0.05, 0) is 49.6 Å². The molecule has 2 heterocycles. The molecule has 0 spiro atoms. The number of likely N-dealkylation sites (tertiary alicyclic amines) is 1. The van der Waals surface area contributed by atoms with Crippen LogP contribution in [0.4, 0.5) is 0 Å². The van der Waals surface area contributed by atoms with Crippen molar-refractivity contribution < 1.29 is 14.7 Å². The van der Waals surface area contributed by atoms with Crippen LogP contribution in [0, 0.1) is 5.41 Å². The van der Waals surface area contributed by atoms with E-state index in [0.29, 0.717) is 36.1 Å². The van der Waals surface area contributed by atoms with Gasteiger partial charge < -0.3 is 19.8 Å². The molecule has 3 rings (SSSR count). The van der Waals surface area contributed by atoms with E-state index in [1.807, 2.05) is 4.90 Å². The molecule has 6 nitrogen and oxygen atoms in total. The zero-order chi connectivity index (χ0) is 24.0. The number of aliphatic hydroxyl groups excluding tert-OH is 1. The zero-order valence-electron chi connectivity index (χ0n) is 19.6. The van der Waals surface area contributed by atoms with Crippen LogP contribution in [0.1, 0.15) is 45.1 Å². The van der Waals surface area contributed by atoms with Crippen LogP contribution in [-0.4, -0.2) is 83.5 Å². The van der Waals surface area contributed by atoms with Crippen LogP contribution in [-0.2, 0) is 9.59 Å². The molecule has 2 amide bonds. The first-order valence-electron chi connectivity index (χ1n) is 11.8. The Balaban J connectivity index is 1.42. The van der Waals surface area contributed by atoms with E-state index < -0.39 is 0 Å². The zero-order valence-corrected chi connectivity index (χ0v) is 21.1. The first-order chi connectivity index (χ1) is 15.7. The van der Waals surface area contributed by atoms with E-state index in [-0.39, 0.29) is 23.3 Å². The number of amides is 2. The highest BCUT2D eigenvalue weighted by Gasteiger charge is 2.34. The molecule has 33 heavy (non-hydrogen) atoms. The molecule has 0 aliphatic carbocycles. The van der Waals surface area contributed by atoms with Crippen LogP contribution >= 0.6 is 23.2 Å². The molecule has 1 aromatic rings. The number of hydrogen-bond acceptors (Lipinski definition) is 4. The maximum Gasteiger partial charge on any atom is 0.246 e. The third-order valence-electron chi connectivity index (χ3n) is 6.67. The maximum absolute atomic E-state index is 12.6. The Morgan fingerprint density at radius 2 is 1.88 bits per heavy atom. The summed E-state index contributed by atoms with van der Waals surface area (Å²) in [6.45, 7) is 9.32. The van der Waals surface area contributed by atoms with Gasteiger partial charge in [0, 0.05) is 57.2 Å². The van der Waals surface area contributed by atoms with Gasteiger partial charge in [-0.3, -0.25) is 9.59 Å². The smallest absolute Gasteiger partial charge is 0.246 e. The Kier molecular flexibility index (Phi) is 9.22. The van der Waals surface area contributed by atoms with Gasteiger partial charge in [-0.1, -0.05) is 43.1 Å². The predicted molar refractivity (Wildman–Crippen MR) is 133 cm³/mol. The summed E-state index contributed by atoms with van der Waals surface area (Å²) in [5.41, 5.74) is 0.736. The second-order valence-corrected chi connectivity index (χ2v) is 10.6. The third kappa shape index (κ3) is 7.44. The lowest BCUT2D eigenvalue weighted by molar-refractivity contribution is -0.130. The van der Waals surface area contributed by atoms with Crippen molar-refractivity contribution in [3.8, 4) is 0 Å². The number of unbranched alkanes of at least 4 members (excludes halogenated alkanes) is 1. The van der Waals surface area contributed by atoms with Crippen LogP contribution in [0.25, 0.3) is 6.08 Å². The summed E-state index contributed by atoms with van der Waals surface area (Å²) in [4.78, 5) is 31.2. The summed E-state index contributed by atoms with van der Waals surface area (Å²) >= 11 is 12.0. The number of piperidine rings is 1. The summed E-state index contributed by atoms with van der Waals surface area (Å²) < 4.78 is 0. The van der Waals surface area contributed by atoms with Crippen LogP contribution in [0.5, 0.6) is 0 Å². The molecule has 1 atom stereocenters. The molecule has 8 heteroatoms.